The van der Waals surface area contributed by atoms with Gasteiger partial charge in [-0.3, -0.25) is 4.79 Å². The third kappa shape index (κ3) is 6.38. The summed E-state index contributed by atoms with van der Waals surface area (Å²) >= 11 is 0. The van der Waals surface area contributed by atoms with E-state index in [0.29, 0.717) is 31.3 Å². The first-order valence-electron chi connectivity index (χ1n) is 9.29. The van der Waals surface area contributed by atoms with Crippen LogP contribution in [0, 0.1) is 5.92 Å². The number of hydrogen-bond donors (Lipinski definition) is 1. The number of amides is 1. The third-order valence-corrected chi connectivity index (χ3v) is 4.50. The molecule has 0 radical (unpaired) electrons. The maximum atomic E-state index is 14.9. The van der Waals surface area contributed by atoms with E-state index in [4.69, 9.17) is 4.74 Å². The first-order chi connectivity index (χ1) is 12.7. The lowest BCUT2D eigenvalue weighted by atomic mass is 10.0. The number of ether oxygens (including phenoxy) is 1. The second-order valence-corrected chi connectivity index (χ2v) is 7.85. The molecule has 27 heavy (non-hydrogen) atoms. The largest absolute Gasteiger partial charge is 0.481 e. The van der Waals surface area contributed by atoms with Crippen LogP contribution in [-0.2, 0) is 16.0 Å². The number of rotatable bonds is 6. The monoisotopic (exact) mass is 377 g/mol. The van der Waals surface area contributed by atoms with Gasteiger partial charge in [0.05, 0.1) is 12.5 Å². The lowest BCUT2D eigenvalue weighted by Crippen LogP contribution is -2.39. The van der Waals surface area contributed by atoms with Crippen LogP contribution < -0.4 is 0 Å². The van der Waals surface area contributed by atoms with Gasteiger partial charge in [-0.1, -0.05) is 30.3 Å². The van der Waals surface area contributed by atoms with Crippen molar-refractivity contribution in [2.75, 3.05) is 13.1 Å². The molecule has 0 spiro atoms. The van der Waals surface area contributed by atoms with E-state index in [1.54, 1.807) is 20.8 Å². The highest BCUT2D eigenvalue weighted by Crippen LogP contribution is 2.34. The van der Waals surface area contributed by atoms with Crippen LogP contribution in [0.1, 0.15) is 45.6 Å². The van der Waals surface area contributed by atoms with Gasteiger partial charge in [-0.25, -0.2) is 9.18 Å². The van der Waals surface area contributed by atoms with Crippen LogP contribution >= 0.6 is 0 Å². The van der Waals surface area contributed by atoms with Gasteiger partial charge in [0, 0.05) is 6.54 Å². The molecule has 1 aliphatic rings. The topological polar surface area (TPSA) is 66.8 Å². The minimum Gasteiger partial charge on any atom is -0.481 e. The van der Waals surface area contributed by atoms with Crippen molar-refractivity contribution in [1.82, 2.24) is 4.90 Å². The molecule has 0 aliphatic heterocycles. The molecule has 0 bridgehead atoms. The smallest absolute Gasteiger partial charge is 0.410 e. The summed E-state index contributed by atoms with van der Waals surface area (Å²) in [6.45, 7) is 5.30. The van der Waals surface area contributed by atoms with E-state index < -0.39 is 29.4 Å². The Morgan fingerprint density at radius 3 is 2.52 bits per heavy atom. The van der Waals surface area contributed by atoms with Gasteiger partial charge in [0.15, 0.2) is 0 Å². The van der Waals surface area contributed by atoms with E-state index in [2.05, 4.69) is 0 Å². The van der Waals surface area contributed by atoms with Crippen molar-refractivity contribution in [3.05, 3.63) is 47.3 Å². The molecule has 1 aromatic carbocycles. The van der Waals surface area contributed by atoms with Crippen LogP contribution in [0.5, 0.6) is 0 Å². The second-order valence-electron chi connectivity index (χ2n) is 7.85. The highest BCUT2D eigenvalue weighted by molar-refractivity contribution is 5.74. The van der Waals surface area contributed by atoms with Gasteiger partial charge in [-0.15, -0.1) is 0 Å². The van der Waals surface area contributed by atoms with Crippen LogP contribution in [0.4, 0.5) is 9.18 Å². The molecule has 0 aromatic heterocycles. The first kappa shape index (κ1) is 20.9. The van der Waals surface area contributed by atoms with Crippen molar-refractivity contribution in [2.45, 2.75) is 52.1 Å². The maximum absolute atomic E-state index is 14.9. The number of carboxylic acid groups (broad SMARTS) is 1. The first-order valence-corrected chi connectivity index (χ1v) is 9.29. The highest BCUT2D eigenvalue weighted by Gasteiger charge is 2.32. The molecule has 5 nitrogen and oxygen atoms in total. The Labute approximate surface area is 159 Å². The maximum Gasteiger partial charge on any atom is 0.410 e. The lowest BCUT2D eigenvalue weighted by Gasteiger charge is -2.27. The molecule has 1 amide bonds. The van der Waals surface area contributed by atoms with Gasteiger partial charge >= 0.3 is 12.1 Å². The van der Waals surface area contributed by atoms with E-state index in [0.717, 1.165) is 5.56 Å². The standard InChI is InChI=1S/C21H28FNO4/c1-21(2,3)27-20(26)23(13-12-15-8-5-4-6-9-15)14-18(22)16-10-7-11-17(16)19(24)25/h4-6,8-9,17H,7,10-14H2,1-3H3,(H,24,25)/b18-16-. The second kappa shape index (κ2) is 9.02. The predicted octanol–water partition coefficient (Wildman–Crippen LogP) is 4.57. The molecule has 2 rings (SSSR count). The summed E-state index contributed by atoms with van der Waals surface area (Å²) in [7, 11) is 0. The molecular formula is C21H28FNO4. The average Bonchev–Trinajstić information content (AvgIpc) is 3.08. The Morgan fingerprint density at radius 1 is 1.26 bits per heavy atom. The zero-order chi connectivity index (χ0) is 20.0. The Bertz CT molecular complexity index is 694. The molecule has 0 saturated heterocycles. The lowest BCUT2D eigenvalue weighted by molar-refractivity contribution is -0.140. The molecule has 1 aromatic rings. The SMILES string of the molecule is CC(C)(C)OC(=O)N(CCc1ccccc1)C/C(F)=C1\CCCC1C(=O)O. The molecule has 1 unspecified atom stereocenters. The molecule has 0 heterocycles. The van der Waals surface area contributed by atoms with Crippen LogP contribution in [-0.4, -0.2) is 40.8 Å². The van der Waals surface area contributed by atoms with Gasteiger partial charge in [-0.2, -0.15) is 0 Å². The van der Waals surface area contributed by atoms with Crippen molar-refractivity contribution in [1.29, 1.82) is 0 Å². The van der Waals surface area contributed by atoms with E-state index in [1.807, 2.05) is 30.3 Å². The number of halogens is 1. The number of benzene rings is 1. The molecule has 6 heteroatoms. The summed E-state index contributed by atoms with van der Waals surface area (Å²) in [5, 5.41) is 9.27. The van der Waals surface area contributed by atoms with Gasteiger partial charge in [0.2, 0.25) is 0 Å². The van der Waals surface area contributed by atoms with Crippen molar-refractivity contribution in [3.63, 3.8) is 0 Å². The van der Waals surface area contributed by atoms with Gasteiger partial charge < -0.3 is 14.7 Å². The average molecular weight is 377 g/mol. The normalized spacial score (nSPS) is 18.9. The van der Waals surface area contributed by atoms with Crippen molar-refractivity contribution in [2.24, 2.45) is 5.92 Å². The van der Waals surface area contributed by atoms with Gasteiger partial charge in [0.25, 0.3) is 0 Å². The fourth-order valence-electron chi connectivity index (χ4n) is 3.18. The minimum atomic E-state index is -1.01. The quantitative estimate of drug-likeness (QED) is 0.788. The Kier molecular flexibility index (Phi) is 6.99. The van der Waals surface area contributed by atoms with Crippen LogP contribution in [0.15, 0.2) is 41.7 Å². The molecule has 1 atom stereocenters. The molecule has 1 saturated carbocycles. The number of carbonyl (C=O) groups excluding carboxylic acids is 1. The van der Waals surface area contributed by atoms with Gasteiger partial charge in [0.1, 0.15) is 11.4 Å². The highest BCUT2D eigenvalue weighted by atomic mass is 19.1. The number of hydrogen-bond acceptors (Lipinski definition) is 3. The zero-order valence-corrected chi connectivity index (χ0v) is 16.2. The van der Waals surface area contributed by atoms with Crippen LogP contribution in [0.2, 0.25) is 0 Å². The number of carboxylic acids is 1. The van der Waals surface area contributed by atoms with Crippen molar-refractivity contribution in [3.8, 4) is 0 Å². The Morgan fingerprint density at radius 2 is 1.93 bits per heavy atom. The fourth-order valence-corrected chi connectivity index (χ4v) is 3.18. The molecule has 148 valence electrons. The summed E-state index contributed by atoms with van der Waals surface area (Å²) in [6, 6.07) is 9.61. The van der Waals surface area contributed by atoms with E-state index >= 15 is 0 Å². The van der Waals surface area contributed by atoms with Gasteiger partial charge in [-0.05, 0) is 57.6 Å². The predicted molar refractivity (Wildman–Crippen MR) is 101 cm³/mol. The Balaban J connectivity index is 2.15. The Hall–Kier alpha value is -2.37. The fraction of sp³-hybridized carbons (Fsp3) is 0.524. The van der Waals surface area contributed by atoms with Crippen molar-refractivity contribution < 1.29 is 23.8 Å². The summed E-state index contributed by atoms with van der Waals surface area (Å²) < 4.78 is 20.3. The molecule has 1 aliphatic carbocycles. The van der Waals surface area contributed by atoms with Crippen molar-refractivity contribution >= 4 is 12.1 Å². The number of carbonyl (C=O) groups is 2. The number of nitrogens with zero attached hydrogens (tertiary/aromatic N) is 1. The van der Waals surface area contributed by atoms with E-state index in [9.17, 15) is 19.1 Å². The summed E-state index contributed by atoms with van der Waals surface area (Å²) in [5.74, 6) is -2.33. The summed E-state index contributed by atoms with van der Waals surface area (Å²) in [5.41, 5.74) is 0.641. The molecular weight excluding hydrogens is 349 g/mol. The van der Waals surface area contributed by atoms with Crippen LogP contribution in [0.25, 0.3) is 0 Å². The molecule has 1 fully saturated rings. The zero-order valence-electron chi connectivity index (χ0n) is 16.2. The molecule has 1 N–H and O–H groups in total. The summed E-state index contributed by atoms with van der Waals surface area (Å²) in [6.07, 6.45) is 1.47. The summed E-state index contributed by atoms with van der Waals surface area (Å²) in [4.78, 5) is 25.2. The van der Waals surface area contributed by atoms with E-state index in [-0.39, 0.29) is 13.1 Å². The minimum absolute atomic E-state index is 0.263. The number of aliphatic carboxylic acids is 1. The van der Waals surface area contributed by atoms with E-state index in [1.165, 1.54) is 4.90 Å². The third-order valence-electron chi connectivity index (χ3n) is 4.50. The van der Waals surface area contributed by atoms with Crippen LogP contribution in [0.3, 0.4) is 0 Å².